The number of amides is 1. The highest BCUT2D eigenvalue weighted by atomic mass is 32.2. The van der Waals surface area contributed by atoms with Crippen molar-refractivity contribution in [2.75, 3.05) is 11.1 Å². The highest BCUT2D eigenvalue weighted by Gasteiger charge is 2.17. The van der Waals surface area contributed by atoms with Crippen molar-refractivity contribution >= 4 is 27.2 Å². The van der Waals surface area contributed by atoms with E-state index in [1.165, 1.54) is 12.1 Å². The summed E-state index contributed by atoms with van der Waals surface area (Å²) >= 11 is 0. The molecule has 0 saturated carbocycles. The molecule has 5 nitrogen and oxygen atoms in total. The highest BCUT2D eigenvalue weighted by Crippen LogP contribution is 2.29. The minimum Gasteiger partial charge on any atom is -0.326 e. The number of carbonyl (C=O) groups is 2. The van der Waals surface area contributed by atoms with E-state index in [0.29, 0.717) is 22.4 Å². The Morgan fingerprint density at radius 1 is 0.771 bits per heavy atom. The van der Waals surface area contributed by atoms with Crippen LogP contribution in [0.4, 0.5) is 5.69 Å². The van der Waals surface area contributed by atoms with Crippen molar-refractivity contribution in [1.82, 2.24) is 0 Å². The molecular formula is C29H25NO4S. The Bertz CT molecular complexity index is 1450. The minimum atomic E-state index is -3.28. The number of rotatable bonds is 8. The molecule has 0 aromatic heterocycles. The van der Waals surface area contributed by atoms with Crippen LogP contribution in [0.2, 0.25) is 0 Å². The first-order valence-electron chi connectivity index (χ1n) is 11.3. The predicted molar refractivity (Wildman–Crippen MR) is 138 cm³/mol. The molecule has 0 spiro atoms. The van der Waals surface area contributed by atoms with Crippen molar-refractivity contribution in [3.05, 3.63) is 120 Å². The lowest BCUT2D eigenvalue weighted by Crippen LogP contribution is -2.15. The molecule has 4 rings (SSSR count). The van der Waals surface area contributed by atoms with E-state index in [-0.39, 0.29) is 28.8 Å². The summed E-state index contributed by atoms with van der Waals surface area (Å²) in [5.41, 5.74) is 4.02. The molecule has 0 heterocycles. The monoisotopic (exact) mass is 483 g/mol. The molecule has 0 bridgehead atoms. The van der Waals surface area contributed by atoms with E-state index in [1.54, 1.807) is 49.4 Å². The molecule has 0 aliphatic heterocycles. The number of hydrogen-bond donors (Lipinski definition) is 1. The first kappa shape index (κ1) is 24.1. The van der Waals surface area contributed by atoms with Crippen molar-refractivity contribution in [2.45, 2.75) is 18.2 Å². The summed E-state index contributed by atoms with van der Waals surface area (Å²) in [6, 6.07) is 30.3. The number of ketones is 1. The second-order valence-electron chi connectivity index (χ2n) is 8.09. The Balaban J connectivity index is 1.57. The Hall–Kier alpha value is -4.03. The Labute approximate surface area is 205 Å². The van der Waals surface area contributed by atoms with Crippen molar-refractivity contribution in [1.29, 1.82) is 0 Å². The van der Waals surface area contributed by atoms with E-state index in [9.17, 15) is 18.0 Å². The smallest absolute Gasteiger partial charge is 0.228 e. The number of carbonyl (C=O) groups excluding carboxylic acids is 2. The summed E-state index contributed by atoms with van der Waals surface area (Å²) in [4.78, 5) is 26.2. The molecule has 176 valence electrons. The zero-order chi connectivity index (χ0) is 24.8. The SMILES string of the molecule is CCS(=O)(=O)c1ccc(CC(=O)Nc2ccc(C(=O)c3ccccc3)c(-c3ccccc3)c2)cc1. The molecule has 0 fully saturated rings. The molecule has 6 heteroatoms. The van der Waals surface area contributed by atoms with Gasteiger partial charge in [-0.25, -0.2) is 8.42 Å². The third-order valence-corrected chi connectivity index (χ3v) is 7.45. The molecule has 1 N–H and O–H groups in total. The van der Waals surface area contributed by atoms with Gasteiger partial charge in [0.1, 0.15) is 0 Å². The zero-order valence-electron chi connectivity index (χ0n) is 19.3. The van der Waals surface area contributed by atoms with Crippen molar-refractivity contribution in [3.63, 3.8) is 0 Å². The average molecular weight is 484 g/mol. The van der Waals surface area contributed by atoms with Crippen molar-refractivity contribution in [3.8, 4) is 11.1 Å². The molecule has 4 aromatic rings. The molecule has 1 amide bonds. The van der Waals surface area contributed by atoms with Gasteiger partial charge >= 0.3 is 0 Å². The Morgan fingerprint density at radius 2 is 1.40 bits per heavy atom. The fraction of sp³-hybridized carbons (Fsp3) is 0.103. The maximum Gasteiger partial charge on any atom is 0.228 e. The van der Waals surface area contributed by atoms with E-state index in [0.717, 1.165) is 11.1 Å². The van der Waals surface area contributed by atoms with Crippen LogP contribution in [0.15, 0.2) is 108 Å². The van der Waals surface area contributed by atoms with Gasteiger partial charge in [0.15, 0.2) is 15.6 Å². The summed E-state index contributed by atoms with van der Waals surface area (Å²) < 4.78 is 24.0. The lowest BCUT2D eigenvalue weighted by atomic mass is 9.93. The van der Waals surface area contributed by atoms with Crippen molar-refractivity contribution in [2.24, 2.45) is 0 Å². The van der Waals surface area contributed by atoms with Gasteiger partial charge in [-0.05, 0) is 47.0 Å². The summed E-state index contributed by atoms with van der Waals surface area (Å²) in [7, 11) is -3.28. The van der Waals surface area contributed by atoms with Crippen LogP contribution in [-0.2, 0) is 21.1 Å². The molecule has 0 unspecified atom stereocenters. The Morgan fingerprint density at radius 3 is 2.03 bits per heavy atom. The second kappa shape index (κ2) is 10.5. The van der Waals surface area contributed by atoms with Gasteiger partial charge in [0.25, 0.3) is 0 Å². The first-order valence-corrected chi connectivity index (χ1v) is 12.9. The van der Waals surface area contributed by atoms with Gasteiger partial charge in [-0.2, -0.15) is 0 Å². The lowest BCUT2D eigenvalue weighted by Gasteiger charge is -2.13. The molecule has 0 saturated heterocycles. The first-order chi connectivity index (χ1) is 16.9. The Kier molecular flexibility index (Phi) is 7.22. The van der Waals surface area contributed by atoms with Gasteiger partial charge in [-0.15, -0.1) is 0 Å². The molecule has 0 radical (unpaired) electrons. The van der Waals surface area contributed by atoms with Gasteiger partial charge in [0.05, 0.1) is 17.1 Å². The van der Waals surface area contributed by atoms with Gasteiger partial charge in [-0.3, -0.25) is 9.59 Å². The zero-order valence-corrected chi connectivity index (χ0v) is 20.1. The number of benzene rings is 4. The molecule has 35 heavy (non-hydrogen) atoms. The van der Waals surface area contributed by atoms with Crippen LogP contribution in [-0.4, -0.2) is 25.9 Å². The molecule has 0 atom stereocenters. The number of sulfone groups is 1. The molecule has 0 aliphatic carbocycles. The summed E-state index contributed by atoms with van der Waals surface area (Å²) in [6.45, 7) is 1.60. The van der Waals surface area contributed by atoms with Gasteiger partial charge in [-0.1, -0.05) is 79.7 Å². The number of anilines is 1. The molecule has 4 aromatic carbocycles. The second-order valence-corrected chi connectivity index (χ2v) is 10.4. The van der Waals surface area contributed by atoms with Crippen LogP contribution >= 0.6 is 0 Å². The van der Waals surface area contributed by atoms with Gasteiger partial charge in [0, 0.05) is 16.8 Å². The third kappa shape index (κ3) is 5.73. The molecule has 0 aliphatic rings. The quantitative estimate of drug-likeness (QED) is 0.333. The van der Waals surface area contributed by atoms with Crippen LogP contribution in [0.1, 0.15) is 28.4 Å². The van der Waals surface area contributed by atoms with E-state index < -0.39 is 9.84 Å². The number of hydrogen-bond acceptors (Lipinski definition) is 4. The average Bonchev–Trinajstić information content (AvgIpc) is 2.89. The summed E-state index contributed by atoms with van der Waals surface area (Å²) in [5.74, 6) is -0.305. The maximum atomic E-state index is 13.2. The standard InChI is InChI=1S/C29H25NO4S/c1-2-35(33,34)25-16-13-21(14-17-25)19-28(31)30-24-15-18-26(29(32)23-11-7-4-8-12-23)27(20-24)22-9-5-3-6-10-22/h3-18,20H,2,19H2,1H3,(H,30,31). The fourth-order valence-electron chi connectivity index (χ4n) is 3.79. The maximum absolute atomic E-state index is 13.2. The van der Waals surface area contributed by atoms with Crippen LogP contribution < -0.4 is 5.32 Å². The minimum absolute atomic E-state index is 0.0271. The molecular weight excluding hydrogens is 458 g/mol. The van der Waals surface area contributed by atoms with E-state index in [2.05, 4.69) is 5.32 Å². The van der Waals surface area contributed by atoms with Gasteiger partial charge in [0.2, 0.25) is 5.91 Å². The van der Waals surface area contributed by atoms with Crippen LogP contribution in [0.5, 0.6) is 0 Å². The predicted octanol–water partition coefficient (Wildman–Crippen LogP) is 5.56. The van der Waals surface area contributed by atoms with E-state index >= 15 is 0 Å². The van der Waals surface area contributed by atoms with Crippen LogP contribution in [0.25, 0.3) is 11.1 Å². The summed E-state index contributed by atoms with van der Waals surface area (Å²) in [5, 5.41) is 2.89. The normalized spacial score (nSPS) is 11.1. The summed E-state index contributed by atoms with van der Waals surface area (Å²) in [6.07, 6.45) is 0.0951. The largest absolute Gasteiger partial charge is 0.326 e. The third-order valence-electron chi connectivity index (χ3n) is 5.70. The topological polar surface area (TPSA) is 80.3 Å². The lowest BCUT2D eigenvalue weighted by molar-refractivity contribution is -0.115. The van der Waals surface area contributed by atoms with E-state index in [1.807, 2.05) is 48.5 Å². The van der Waals surface area contributed by atoms with E-state index in [4.69, 9.17) is 0 Å². The number of nitrogens with one attached hydrogen (secondary N) is 1. The fourth-order valence-corrected chi connectivity index (χ4v) is 4.68. The van der Waals surface area contributed by atoms with Crippen LogP contribution in [0, 0.1) is 0 Å². The van der Waals surface area contributed by atoms with Gasteiger partial charge < -0.3 is 5.32 Å². The highest BCUT2D eigenvalue weighted by molar-refractivity contribution is 7.91. The van der Waals surface area contributed by atoms with Crippen LogP contribution in [0.3, 0.4) is 0 Å². The van der Waals surface area contributed by atoms with Crippen molar-refractivity contribution < 1.29 is 18.0 Å².